The average Bonchev–Trinajstić information content (AvgIpc) is 2.66. The van der Waals surface area contributed by atoms with Crippen LogP contribution < -0.4 is 11.1 Å². The molecule has 1 aromatic heterocycles. The molecule has 0 saturated carbocycles. The molecule has 1 aliphatic heterocycles. The summed E-state index contributed by atoms with van der Waals surface area (Å²) in [6.45, 7) is 0.330. The molecule has 8 nitrogen and oxygen atoms in total. The third kappa shape index (κ3) is 3.31. The molecule has 0 amide bonds. The van der Waals surface area contributed by atoms with Gasteiger partial charge in [0.05, 0.1) is 16.4 Å². The van der Waals surface area contributed by atoms with Gasteiger partial charge in [-0.05, 0) is 18.4 Å². The maximum atomic E-state index is 11.3. The van der Waals surface area contributed by atoms with Crippen LogP contribution >= 0.6 is 0 Å². The van der Waals surface area contributed by atoms with E-state index >= 15 is 0 Å². The first-order valence-electron chi connectivity index (χ1n) is 5.72. The first kappa shape index (κ1) is 13.5. The Morgan fingerprint density at radius 3 is 2.84 bits per heavy atom. The molecule has 1 atom stereocenters. The van der Waals surface area contributed by atoms with Crippen molar-refractivity contribution in [3.05, 3.63) is 22.2 Å². The van der Waals surface area contributed by atoms with Gasteiger partial charge in [0.15, 0.2) is 9.84 Å². The predicted molar refractivity (Wildman–Crippen MR) is 70.6 cm³/mol. The summed E-state index contributed by atoms with van der Waals surface area (Å²) >= 11 is 0. The van der Waals surface area contributed by atoms with Crippen LogP contribution in [0.1, 0.15) is 6.42 Å². The van der Waals surface area contributed by atoms with E-state index in [1.807, 2.05) is 0 Å². The van der Waals surface area contributed by atoms with Crippen LogP contribution in [-0.4, -0.2) is 36.4 Å². The van der Waals surface area contributed by atoms with E-state index in [2.05, 4.69) is 10.3 Å². The minimum absolute atomic E-state index is 0.0483. The van der Waals surface area contributed by atoms with Gasteiger partial charge in [0.2, 0.25) is 5.82 Å². The highest BCUT2D eigenvalue weighted by Crippen LogP contribution is 2.25. The number of rotatable bonds is 4. The number of sulfone groups is 1. The van der Waals surface area contributed by atoms with Gasteiger partial charge in [-0.2, -0.15) is 0 Å². The summed E-state index contributed by atoms with van der Waals surface area (Å²) in [5.41, 5.74) is 5.31. The molecule has 0 bridgehead atoms. The lowest BCUT2D eigenvalue weighted by Crippen LogP contribution is -2.17. The number of anilines is 2. The van der Waals surface area contributed by atoms with Crippen molar-refractivity contribution in [3.63, 3.8) is 0 Å². The Kier molecular flexibility index (Phi) is 3.56. The van der Waals surface area contributed by atoms with E-state index in [9.17, 15) is 18.5 Å². The number of nitrogen functional groups attached to an aromatic ring is 1. The molecule has 1 saturated heterocycles. The predicted octanol–water partition coefficient (Wildman–Crippen LogP) is 0.419. The van der Waals surface area contributed by atoms with Crippen LogP contribution in [0.25, 0.3) is 0 Å². The summed E-state index contributed by atoms with van der Waals surface area (Å²) in [7, 11) is -2.95. The number of nitrogens with zero attached hydrogens (tertiary/aromatic N) is 2. The van der Waals surface area contributed by atoms with E-state index in [1.54, 1.807) is 0 Å². The highest BCUT2D eigenvalue weighted by Gasteiger charge is 2.28. The topological polar surface area (TPSA) is 128 Å². The molecule has 0 spiro atoms. The van der Waals surface area contributed by atoms with Crippen LogP contribution in [0.15, 0.2) is 12.1 Å². The molecule has 2 heterocycles. The SMILES string of the molecule is Nc1ccc([N+](=O)[O-])c(NCC2CCS(=O)(=O)C2)n1. The quantitative estimate of drug-likeness (QED) is 0.606. The van der Waals surface area contributed by atoms with Gasteiger partial charge in [0.1, 0.15) is 5.82 Å². The molecular weight excluding hydrogens is 272 g/mol. The Morgan fingerprint density at radius 1 is 1.53 bits per heavy atom. The molecular formula is C10H14N4O4S. The number of hydrogen-bond acceptors (Lipinski definition) is 7. The van der Waals surface area contributed by atoms with Gasteiger partial charge >= 0.3 is 5.69 Å². The molecule has 1 aliphatic rings. The van der Waals surface area contributed by atoms with Crippen LogP contribution in [0.2, 0.25) is 0 Å². The average molecular weight is 286 g/mol. The van der Waals surface area contributed by atoms with Crippen molar-refractivity contribution in [1.82, 2.24) is 4.98 Å². The summed E-state index contributed by atoms with van der Waals surface area (Å²) in [4.78, 5) is 14.1. The van der Waals surface area contributed by atoms with Gasteiger partial charge in [-0.1, -0.05) is 0 Å². The lowest BCUT2D eigenvalue weighted by Gasteiger charge is -2.10. The van der Waals surface area contributed by atoms with Crippen molar-refractivity contribution in [2.24, 2.45) is 5.92 Å². The number of nitrogens with one attached hydrogen (secondary N) is 1. The number of pyridine rings is 1. The first-order chi connectivity index (χ1) is 8.87. The summed E-state index contributed by atoms with van der Waals surface area (Å²) in [6.07, 6.45) is 0.561. The number of nitrogens with two attached hydrogens (primary N) is 1. The van der Waals surface area contributed by atoms with E-state index in [0.29, 0.717) is 13.0 Å². The summed E-state index contributed by atoms with van der Waals surface area (Å²) in [5, 5.41) is 13.6. The van der Waals surface area contributed by atoms with E-state index in [1.165, 1.54) is 12.1 Å². The molecule has 1 unspecified atom stereocenters. The number of aromatic nitrogens is 1. The highest BCUT2D eigenvalue weighted by atomic mass is 32.2. The molecule has 104 valence electrons. The Labute approximate surface area is 110 Å². The lowest BCUT2D eigenvalue weighted by atomic mass is 10.1. The van der Waals surface area contributed by atoms with E-state index < -0.39 is 14.8 Å². The van der Waals surface area contributed by atoms with E-state index in [4.69, 9.17) is 5.73 Å². The van der Waals surface area contributed by atoms with Gasteiger partial charge in [0, 0.05) is 12.6 Å². The zero-order valence-corrected chi connectivity index (χ0v) is 10.9. The molecule has 0 radical (unpaired) electrons. The van der Waals surface area contributed by atoms with Gasteiger partial charge in [-0.25, -0.2) is 13.4 Å². The molecule has 3 N–H and O–H groups in total. The summed E-state index contributed by atoms with van der Waals surface area (Å²) in [6, 6.07) is 2.62. The molecule has 1 fully saturated rings. The maximum absolute atomic E-state index is 11.3. The second-order valence-corrected chi connectivity index (χ2v) is 6.74. The highest BCUT2D eigenvalue weighted by molar-refractivity contribution is 7.91. The second-order valence-electron chi connectivity index (χ2n) is 4.51. The molecule has 0 aromatic carbocycles. The monoisotopic (exact) mass is 286 g/mol. The number of hydrogen-bond donors (Lipinski definition) is 2. The van der Waals surface area contributed by atoms with Crippen molar-refractivity contribution in [1.29, 1.82) is 0 Å². The third-order valence-corrected chi connectivity index (χ3v) is 4.81. The Morgan fingerprint density at radius 2 is 2.26 bits per heavy atom. The summed E-state index contributed by atoms with van der Waals surface area (Å²) < 4.78 is 22.6. The smallest absolute Gasteiger partial charge is 0.311 e. The minimum Gasteiger partial charge on any atom is -0.384 e. The minimum atomic E-state index is -2.95. The zero-order chi connectivity index (χ0) is 14.0. The van der Waals surface area contributed by atoms with Gasteiger partial charge < -0.3 is 11.1 Å². The Hall–Kier alpha value is -1.90. The number of nitro groups is 1. The molecule has 19 heavy (non-hydrogen) atoms. The molecule has 2 rings (SSSR count). The Balaban J connectivity index is 2.07. The first-order valence-corrected chi connectivity index (χ1v) is 7.55. The van der Waals surface area contributed by atoms with Crippen molar-refractivity contribution < 1.29 is 13.3 Å². The van der Waals surface area contributed by atoms with Crippen molar-refractivity contribution in [3.8, 4) is 0 Å². The zero-order valence-electron chi connectivity index (χ0n) is 10.1. The van der Waals surface area contributed by atoms with Crippen molar-refractivity contribution in [2.75, 3.05) is 29.1 Å². The molecule has 0 aliphatic carbocycles. The fourth-order valence-electron chi connectivity index (χ4n) is 2.02. The van der Waals surface area contributed by atoms with Gasteiger partial charge in [-0.15, -0.1) is 0 Å². The third-order valence-electron chi connectivity index (χ3n) is 2.98. The largest absolute Gasteiger partial charge is 0.384 e. The maximum Gasteiger partial charge on any atom is 0.311 e. The van der Waals surface area contributed by atoms with E-state index in [-0.39, 0.29) is 34.7 Å². The van der Waals surface area contributed by atoms with Crippen LogP contribution in [0.4, 0.5) is 17.3 Å². The fourth-order valence-corrected chi connectivity index (χ4v) is 3.88. The van der Waals surface area contributed by atoms with Gasteiger partial charge in [-0.3, -0.25) is 10.1 Å². The molecule has 1 aromatic rings. The van der Waals surface area contributed by atoms with Crippen LogP contribution in [0.3, 0.4) is 0 Å². The van der Waals surface area contributed by atoms with Crippen molar-refractivity contribution in [2.45, 2.75) is 6.42 Å². The second kappa shape index (κ2) is 5.00. The van der Waals surface area contributed by atoms with Crippen LogP contribution in [0.5, 0.6) is 0 Å². The normalized spacial score (nSPS) is 21.2. The lowest BCUT2D eigenvalue weighted by molar-refractivity contribution is -0.384. The Bertz CT molecular complexity index is 602. The van der Waals surface area contributed by atoms with Gasteiger partial charge in [0.25, 0.3) is 0 Å². The van der Waals surface area contributed by atoms with Crippen molar-refractivity contribution >= 4 is 27.2 Å². The van der Waals surface area contributed by atoms with Crippen LogP contribution in [-0.2, 0) is 9.84 Å². The van der Waals surface area contributed by atoms with E-state index in [0.717, 1.165) is 0 Å². The molecule has 9 heteroatoms. The van der Waals surface area contributed by atoms with Crippen LogP contribution in [0, 0.1) is 16.0 Å². The standard InChI is InChI=1S/C10H14N4O4S/c11-9-2-1-8(14(15)16)10(13-9)12-5-7-3-4-19(17,18)6-7/h1-2,7H,3-6H2,(H3,11,12,13). The fraction of sp³-hybridized carbons (Fsp3) is 0.500. The summed E-state index contributed by atoms with van der Waals surface area (Å²) in [5.74, 6) is 0.483.